The van der Waals surface area contributed by atoms with Crippen LogP contribution in [0, 0.1) is 5.92 Å². The Morgan fingerprint density at radius 2 is 1.60 bits per heavy atom. The molecule has 0 radical (unpaired) electrons. The summed E-state index contributed by atoms with van der Waals surface area (Å²) in [4.78, 5) is 12.5. The van der Waals surface area contributed by atoms with E-state index < -0.39 is 0 Å². The molecule has 3 aromatic carbocycles. The van der Waals surface area contributed by atoms with Gasteiger partial charge in [0.05, 0.1) is 26.0 Å². The van der Waals surface area contributed by atoms with Gasteiger partial charge in [-0.05, 0) is 84.5 Å². The quantitative estimate of drug-likeness (QED) is 0.278. The zero-order valence-corrected chi connectivity index (χ0v) is 20.1. The summed E-state index contributed by atoms with van der Waals surface area (Å²) in [6, 6.07) is 21.9. The molecule has 0 saturated heterocycles. The summed E-state index contributed by atoms with van der Waals surface area (Å²) >= 11 is 0. The second kappa shape index (κ2) is 9.66. The summed E-state index contributed by atoms with van der Waals surface area (Å²) in [5.41, 5.74) is 8.60. The lowest BCUT2D eigenvalue weighted by Gasteiger charge is -2.37. The Labute approximate surface area is 205 Å². The normalized spacial score (nSPS) is 20.4. The minimum Gasteiger partial charge on any atom is -0.497 e. The van der Waals surface area contributed by atoms with Crippen LogP contribution in [0.3, 0.4) is 0 Å². The molecule has 2 aliphatic rings. The van der Waals surface area contributed by atoms with Crippen LogP contribution in [0.15, 0.2) is 84.0 Å². The summed E-state index contributed by atoms with van der Waals surface area (Å²) in [6.45, 7) is 1.91. The molecule has 178 valence electrons. The Bertz CT molecular complexity index is 1280. The van der Waals surface area contributed by atoms with Gasteiger partial charge >= 0.3 is 0 Å². The zero-order valence-electron chi connectivity index (χ0n) is 20.1. The van der Waals surface area contributed by atoms with Gasteiger partial charge in [0.1, 0.15) is 11.5 Å². The number of carbonyl (C=O) groups excluding carboxylic acids is 1. The molecule has 6 heteroatoms. The van der Waals surface area contributed by atoms with Crippen LogP contribution in [0.25, 0.3) is 0 Å². The van der Waals surface area contributed by atoms with Gasteiger partial charge in [0.15, 0.2) is 0 Å². The number of hydrogen-bond donors (Lipinski definition) is 2. The van der Waals surface area contributed by atoms with Crippen LogP contribution < -0.4 is 20.2 Å². The van der Waals surface area contributed by atoms with Gasteiger partial charge in [-0.1, -0.05) is 30.4 Å². The summed E-state index contributed by atoms with van der Waals surface area (Å²) < 4.78 is 10.5. The third kappa shape index (κ3) is 4.52. The second-order valence-corrected chi connectivity index (χ2v) is 8.92. The molecule has 0 fully saturated rings. The Balaban J connectivity index is 1.35. The number of carbonyl (C=O) groups is 1. The van der Waals surface area contributed by atoms with Crippen molar-refractivity contribution >= 4 is 17.3 Å². The topological polar surface area (TPSA) is 72.0 Å². The molecule has 0 saturated carbocycles. The second-order valence-electron chi connectivity index (χ2n) is 8.92. The van der Waals surface area contributed by atoms with Crippen molar-refractivity contribution in [1.29, 1.82) is 0 Å². The molecular weight excluding hydrogens is 438 g/mol. The minimum absolute atomic E-state index is 0.234. The van der Waals surface area contributed by atoms with E-state index in [1.54, 1.807) is 38.5 Å². The molecule has 1 aliphatic heterocycles. The number of nitrogens with zero attached hydrogens (tertiary/aromatic N) is 1. The van der Waals surface area contributed by atoms with Gasteiger partial charge in [-0.25, -0.2) is 5.43 Å². The molecule has 1 heterocycles. The van der Waals surface area contributed by atoms with Crippen LogP contribution in [-0.2, 0) is 0 Å². The number of methoxy groups -OCH3 is 2. The summed E-state index contributed by atoms with van der Waals surface area (Å²) in [5, 5.41) is 8.13. The van der Waals surface area contributed by atoms with Crippen LogP contribution in [0.2, 0.25) is 0 Å². The van der Waals surface area contributed by atoms with Crippen LogP contribution in [0.5, 0.6) is 11.5 Å². The van der Waals surface area contributed by atoms with E-state index >= 15 is 0 Å². The summed E-state index contributed by atoms with van der Waals surface area (Å²) in [5.74, 6) is 2.09. The minimum atomic E-state index is -0.257. The molecule has 0 bridgehead atoms. The fraction of sp³-hybridized carbons (Fsp3) is 0.241. The Hall–Kier alpha value is -4.06. The van der Waals surface area contributed by atoms with Crippen molar-refractivity contribution in [2.75, 3.05) is 19.5 Å². The first-order valence-electron chi connectivity index (χ1n) is 11.8. The molecule has 0 aromatic heterocycles. The van der Waals surface area contributed by atoms with Crippen molar-refractivity contribution < 1.29 is 14.3 Å². The maximum atomic E-state index is 12.5. The van der Waals surface area contributed by atoms with Crippen molar-refractivity contribution in [1.82, 2.24) is 5.43 Å². The highest BCUT2D eigenvalue weighted by molar-refractivity contribution is 6.01. The van der Waals surface area contributed by atoms with Gasteiger partial charge in [-0.3, -0.25) is 4.79 Å². The smallest absolute Gasteiger partial charge is 0.271 e. The number of allylic oxidation sites excluding steroid dienone is 2. The van der Waals surface area contributed by atoms with Gasteiger partial charge in [0, 0.05) is 17.2 Å². The number of ether oxygens (including phenoxy) is 2. The molecule has 3 atom stereocenters. The van der Waals surface area contributed by atoms with Crippen LogP contribution >= 0.6 is 0 Å². The van der Waals surface area contributed by atoms with E-state index in [1.807, 2.05) is 25.1 Å². The average molecular weight is 468 g/mol. The lowest BCUT2D eigenvalue weighted by Crippen LogP contribution is -2.29. The zero-order chi connectivity index (χ0) is 24.4. The van der Waals surface area contributed by atoms with Gasteiger partial charge < -0.3 is 14.8 Å². The molecule has 0 spiro atoms. The third-order valence-corrected chi connectivity index (χ3v) is 6.93. The van der Waals surface area contributed by atoms with Crippen molar-refractivity contribution in [3.8, 4) is 11.5 Å². The first kappa shape index (κ1) is 22.7. The van der Waals surface area contributed by atoms with Crippen molar-refractivity contribution in [2.24, 2.45) is 11.0 Å². The van der Waals surface area contributed by atoms with E-state index in [9.17, 15) is 4.79 Å². The van der Waals surface area contributed by atoms with Crippen LogP contribution in [0.1, 0.15) is 52.4 Å². The summed E-state index contributed by atoms with van der Waals surface area (Å²) in [7, 11) is 3.29. The number of benzene rings is 3. The number of hydrogen-bond acceptors (Lipinski definition) is 5. The molecule has 0 unspecified atom stereocenters. The first-order valence-corrected chi connectivity index (χ1v) is 11.8. The fourth-order valence-electron chi connectivity index (χ4n) is 4.97. The average Bonchev–Trinajstić information content (AvgIpc) is 3.41. The number of nitrogens with one attached hydrogen (secondary N) is 2. The Morgan fingerprint density at radius 3 is 2.29 bits per heavy atom. The van der Waals surface area contributed by atoms with E-state index in [4.69, 9.17) is 9.47 Å². The van der Waals surface area contributed by atoms with E-state index in [2.05, 4.69) is 52.3 Å². The third-order valence-electron chi connectivity index (χ3n) is 6.93. The van der Waals surface area contributed by atoms with Gasteiger partial charge in [-0.2, -0.15) is 5.10 Å². The largest absolute Gasteiger partial charge is 0.497 e. The van der Waals surface area contributed by atoms with E-state index in [1.165, 1.54) is 11.1 Å². The molecule has 3 aromatic rings. The van der Waals surface area contributed by atoms with Crippen molar-refractivity contribution in [3.63, 3.8) is 0 Å². The maximum Gasteiger partial charge on any atom is 0.271 e. The van der Waals surface area contributed by atoms with Crippen molar-refractivity contribution in [2.45, 2.75) is 25.3 Å². The predicted octanol–water partition coefficient (Wildman–Crippen LogP) is 5.68. The van der Waals surface area contributed by atoms with Gasteiger partial charge in [-0.15, -0.1) is 0 Å². The molecular formula is C29H29N3O3. The Morgan fingerprint density at radius 1 is 0.943 bits per heavy atom. The molecule has 1 amide bonds. The highest BCUT2D eigenvalue weighted by Gasteiger charge is 2.38. The van der Waals surface area contributed by atoms with E-state index in [-0.39, 0.29) is 11.9 Å². The SMILES string of the molecule is COc1ccc(C(=O)N/N=C(/C)c2ccc3c(c2)[C@@H]2C=CC[C@@H]2[C@H](c2ccc(OC)cc2)N3)cc1. The molecule has 35 heavy (non-hydrogen) atoms. The van der Waals surface area contributed by atoms with Crippen LogP contribution in [0.4, 0.5) is 5.69 Å². The van der Waals surface area contributed by atoms with E-state index in [0.29, 0.717) is 23.1 Å². The van der Waals surface area contributed by atoms with Gasteiger partial charge in [0.2, 0.25) is 0 Å². The Kier molecular flexibility index (Phi) is 6.27. The number of fused-ring (bicyclic) bond motifs is 3. The highest BCUT2D eigenvalue weighted by Crippen LogP contribution is 2.50. The summed E-state index contributed by atoms with van der Waals surface area (Å²) in [6.07, 6.45) is 5.64. The predicted molar refractivity (Wildman–Crippen MR) is 138 cm³/mol. The van der Waals surface area contributed by atoms with Crippen molar-refractivity contribution in [3.05, 3.63) is 101 Å². The van der Waals surface area contributed by atoms with E-state index in [0.717, 1.165) is 29.1 Å². The monoisotopic (exact) mass is 467 g/mol. The highest BCUT2D eigenvalue weighted by atomic mass is 16.5. The number of amides is 1. The number of anilines is 1. The lowest BCUT2D eigenvalue weighted by molar-refractivity contribution is 0.0955. The molecule has 2 N–H and O–H groups in total. The number of hydrazone groups is 1. The fourth-order valence-corrected chi connectivity index (χ4v) is 4.97. The maximum absolute atomic E-state index is 12.5. The van der Waals surface area contributed by atoms with Crippen LogP contribution in [-0.4, -0.2) is 25.8 Å². The molecule has 6 nitrogen and oxygen atoms in total. The lowest BCUT2D eigenvalue weighted by atomic mass is 9.76. The molecule has 5 rings (SSSR count). The van der Waals surface area contributed by atoms with Gasteiger partial charge in [0.25, 0.3) is 5.91 Å². The first-order chi connectivity index (χ1) is 17.1. The number of rotatable bonds is 6. The molecule has 1 aliphatic carbocycles. The standard InChI is InChI=1S/C29H29N3O3/c1-18(31-32-29(33)20-9-14-23(35-3)15-10-20)21-11-16-27-26(17-21)24-5-4-6-25(24)28(30-27)19-7-12-22(34-2)13-8-19/h4-5,7-17,24-25,28,30H,6H2,1-3H3,(H,32,33)/b31-18-/t24-,25+,28+/m1/s1.